The Balaban J connectivity index is 1.38. The Morgan fingerprint density at radius 1 is 1.22 bits per heavy atom. The van der Waals surface area contributed by atoms with Gasteiger partial charge in [0.05, 0.1) is 0 Å². The molecule has 0 atom stereocenters. The average molecular weight is 371 g/mol. The molecule has 1 aromatic rings. The second kappa shape index (κ2) is 8.11. The fourth-order valence-electron chi connectivity index (χ4n) is 4.13. The van der Waals surface area contributed by atoms with E-state index in [1.807, 2.05) is 0 Å². The van der Waals surface area contributed by atoms with Crippen LogP contribution in [0, 0.1) is 13.8 Å². The van der Waals surface area contributed by atoms with Gasteiger partial charge in [-0.3, -0.25) is 14.5 Å². The molecule has 1 aliphatic carbocycles. The first-order valence-corrected chi connectivity index (χ1v) is 9.88. The summed E-state index contributed by atoms with van der Waals surface area (Å²) in [5, 5.41) is 5.73. The largest absolute Gasteiger partial charge is 0.356 e. The van der Waals surface area contributed by atoms with Gasteiger partial charge in [0.2, 0.25) is 5.91 Å². The summed E-state index contributed by atoms with van der Waals surface area (Å²) in [7, 11) is 0. The summed E-state index contributed by atoms with van der Waals surface area (Å²) < 4.78 is 0. The molecule has 0 bridgehead atoms. The van der Waals surface area contributed by atoms with Crippen LogP contribution in [0.15, 0.2) is 18.2 Å². The SMILES string of the molecule is Cc1ccc(CCCNC(=O)CCN2C(=O)NC3(CCCC3)C2=O)c(C)c1. The van der Waals surface area contributed by atoms with Crippen LogP contribution in [0.25, 0.3) is 0 Å². The maximum Gasteiger partial charge on any atom is 0.325 e. The van der Waals surface area contributed by atoms with Gasteiger partial charge in [-0.25, -0.2) is 4.79 Å². The molecule has 2 aliphatic rings. The number of hydrogen-bond donors (Lipinski definition) is 2. The van der Waals surface area contributed by atoms with Crippen molar-refractivity contribution in [2.45, 2.75) is 64.3 Å². The number of nitrogens with one attached hydrogen (secondary N) is 2. The minimum absolute atomic E-state index is 0.122. The van der Waals surface area contributed by atoms with Gasteiger partial charge in [0.25, 0.3) is 5.91 Å². The van der Waals surface area contributed by atoms with Crippen molar-refractivity contribution in [1.29, 1.82) is 0 Å². The van der Waals surface area contributed by atoms with Crippen molar-refractivity contribution in [1.82, 2.24) is 15.5 Å². The molecule has 146 valence electrons. The van der Waals surface area contributed by atoms with Gasteiger partial charge < -0.3 is 10.6 Å². The molecule has 1 aromatic carbocycles. The van der Waals surface area contributed by atoms with Gasteiger partial charge in [0.15, 0.2) is 0 Å². The van der Waals surface area contributed by atoms with Crippen LogP contribution >= 0.6 is 0 Å². The Hall–Kier alpha value is -2.37. The molecule has 0 aromatic heterocycles. The summed E-state index contributed by atoms with van der Waals surface area (Å²) in [6.45, 7) is 4.93. The molecular weight excluding hydrogens is 342 g/mol. The Labute approximate surface area is 160 Å². The minimum atomic E-state index is -0.695. The number of carbonyl (C=O) groups is 3. The van der Waals surface area contributed by atoms with Crippen LogP contribution in [-0.2, 0) is 16.0 Å². The van der Waals surface area contributed by atoms with E-state index < -0.39 is 5.54 Å². The van der Waals surface area contributed by atoms with Crippen LogP contribution in [0.2, 0.25) is 0 Å². The number of nitrogens with zero attached hydrogens (tertiary/aromatic N) is 1. The summed E-state index contributed by atoms with van der Waals surface area (Å²) in [5.41, 5.74) is 3.14. The minimum Gasteiger partial charge on any atom is -0.356 e. The van der Waals surface area contributed by atoms with E-state index in [0.717, 1.165) is 25.7 Å². The maximum absolute atomic E-state index is 12.5. The molecule has 1 saturated carbocycles. The van der Waals surface area contributed by atoms with E-state index >= 15 is 0 Å². The zero-order chi connectivity index (χ0) is 19.4. The summed E-state index contributed by atoms with van der Waals surface area (Å²) >= 11 is 0. The standard InChI is InChI=1S/C21H29N3O3/c1-15-7-8-17(16(2)14-15)6-5-12-22-18(25)9-13-24-19(26)21(23-20(24)27)10-3-4-11-21/h7-8,14H,3-6,9-13H2,1-2H3,(H,22,25)(H,23,27). The van der Waals surface area contributed by atoms with Crippen LogP contribution in [0.4, 0.5) is 4.79 Å². The van der Waals surface area contributed by atoms with E-state index in [2.05, 4.69) is 42.7 Å². The molecule has 1 saturated heterocycles. The fourth-order valence-corrected chi connectivity index (χ4v) is 4.13. The smallest absolute Gasteiger partial charge is 0.325 e. The summed E-state index contributed by atoms with van der Waals surface area (Å²) in [6.07, 6.45) is 5.27. The third-order valence-corrected chi connectivity index (χ3v) is 5.71. The lowest BCUT2D eigenvalue weighted by Crippen LogP contribution is -2.44. The highest BCUT2D eigenvalue weighted by Crippen LogP contribution is 2.34. The van der Waals surface area contributed by atoms with E-state index in [9.17, 15) is 14.4 Å². The number of rotatable bonds is 7. The number of benzene rings is 1. The molecular formula is C21H29N3O3. The third-order valence-electron chi connectivity index (χ3n) is 5.71. The van der Waals surface area contributed by atoms with Crippen molar-refractivity contribution in [2.75, 3.05) is 13.1 Å². The molecule has 1 spiro atoms. The monoisotopic (exact) mass is 371 g/mol. The molecule has 4 amide bonds. The van der Waals surface area contributed by atoms with Crippen LogP contribution < -0.4 is 10.6 Å². The molecule has 2 N–H and O–H groups in total. The Morgan fingerprint density at radius 2 is 1.96 bits per heavy atom. The lowest BCUT2D eigenvalue weighted by atomic mass is 9.98. The fraction of sp³-hybridized carbons (Fsp3) is 0.571. The molecule has 1 heterocycles. The Morgan fingerprint density at radius 3 is 2.67 bits per heavy atom. The van der Waals surface area contributed by atoms with Crippen molar-refractivity contribution in [2.24, 2.45) is 0 Å². The van der Waals surface area contributed by atoms with Crippen molar-refractivity contribution < 1.29 is 14.4 Å². The lowest BCUT2D eigenvalue weighted by Gasteiger charge is -2.19. The van der Waals surface area contributed by atoms with Crippen molar-refractivity contribution in [3.63, 3.8) is 0 Å². The van der Waals surface area contributed by atoms with E-state index in [-0.39, 0.29) is 30.8 Å². The van der Waals surface area contributed by atoms with Crippen molar-refractivity contribution in [3.05, 3.63) is 34.9 Å². The zero-order valence-electron chi connectivity index (χ0n) is 16.3. The van der Waals surface area contributed by atoms with Gasteiger partial charge in [-0.15, -0.1) is 0 Å². The number of urea groups is 1. The quantitative estimate of drug-likeness (QED) is 0.571. The topological polar surface area (TPSA) is 78.5 Å². The summed E-state index contributed by atoms with van der Waals surface area (Å²) in [4.78, 5) is 37.9. The van der Waals surface area contributed by atoms with Gasteiger partial charge in [-0.1, -0.05) is 36.6 Å². The second-order valence-corrected chi connectivity index (χ2v) is 7.81. The molecule has 1 aliphatic heterocycles. The normalized spacial score (nSPS) is 18.2. The predicted molar refractivity (Wildman–Crippen MR) is 103 cm³/mol. The van der Waals surface area contributed by atoms with Crippen LogP contribution in [0.5, 0.6) is 0 Å². The van der Waals surface area contributed by atoms with Crippen LogP contribution in [0.3, 0.4) is 0 Å². The average Bonchev–Trinajstić information content (AvgIpc) is 3.18. The molecule has 3 rings (SSSR count). The number of hydrogen-bond acceptors (Lipinski definition) is 3. The Bertz CT molecular complexity index is 738. The molecule has 27 heavy (non-hydrogen) atoms. The molecule has 6 heteroatoms. The van der Waals surface area contributed by atoms with Crippen LogP contribution in [-0.4, -0.2) is 41.4 Å². The van der Waals surface area contributed by atoms with Gasteiger partial charge in [-0.05, 0) is 50.7 Å². The summed E-state index contributed by atoms with van der Waals surface area (Å²) in [6, 6.07) is 6.06. The summed E-state index contributed by atoms with van der Waals surface area (Å²) in [5.74, 6) is -0.281. The van der Waals surface area contributed by atoms with E-state index in [1.165, 1.54) is 21.6 Å². The molecule has 2 fully saturated rings. The van der Waals surface area contributed by atoms with E-state index in [0.29, 0.717) is 19.4 Å². The predicted octanol–water partition coefficient (Wildman–Crippen LogP) is 2.61. The molecule has 0 radical (unpaired) electrons. The second-order valence-electron chi connectivity index (χ2n) is 7.81. The maximum atomic E-state index is 12.5. The van der Waals surface area contributed by atoms with Crippen molar-refractivity contribution >= 4 is 17.8 Å². The van der Waals surface area contributed by atoms with Crippen molar-refractivity contribution in [3.8, 4) is 0 Å². The third kappa shape index (κ3) is 4.31. The van der Waals surface area contributed by atoms with E-state index in [4.69, 9.17) is 0 Å². The highest BCUT2D eigenvalue weighted by atomic mass is 16.2. The first kappa shape index (κ1) is 19.4. The van der Waals surface area contributed by atoms with Crippen LogP contribution in [0.1, 0.15) is 55.2 Å². The van der Waals surface area contributed by atoms with E-state index in [1.54, 1.807) is 0 Å². The highest BCUT2D eigenvalue weighted by Gasteiger charge is 2.52. The Kier molecular flexibility index (Phi) is 5.82. The van der Waals surface area contributed by atoms with Gasteiger partial charge >= 0.3 is 6.03 Å². The number of carbonyl (C=O) groups excluding carboxylic acids is 3. The number of aryl methyl sites for hydroxylation is 3. The zero-order valence-corrected chi connectivity index (χ0v) is 16.3. The molecule has 6 nitrogen and oxygen atoms in total. The highest BCUT2D eigenvalue weighted by molar-refractivity contribution is 6.07. The van der Waals surface area contributed by atoms with Gasteiger partial charge in [-0.2, -0.15) is 0 Å². The number of amides is 4. The van der Waals surface area contributed by atoms with Gasteiger partial charge in [0.1, 0.15) is 5.54 Å². The van der Waals surface area contributed by atoms with Gasteiger partial charge in [0, 0.05) is 19.5 Å². The lowest BCUT2D eigenvalue weighted by molar-refractivity contribution is -0.131. The first-order valence-electron chi connectivity index (χ1n) is 9.88. The number of imide groups is 1. The molecule has 0 unspecified atom stereocenters. The first-order chi connectivity index (χ1) is 12.9.